The fraction of sp³-hybridized carbons (Fsp3) is 0.647. The summed E-state index contributed by atoms with van der Waals surface area (Å²) in [4.78, 5) is 6.87. The topological polar surface area (TPSA) is 52.0 Å². The van der Waals surface area contributed by atoms with Gasteiger partial charge >= 0.3 is 0 Å². The van der Waals surface area contributed by atoms with Crippen LogP contribution >= 0.6 is 11.6 Å². The summed E-state index contributed by atoms with van der Waals surface area (Å²) in [7, 11) is 0. The third-order valence-corrected chi connectivity index (χ3v) is 4.94. The van der Waals surface area contributed by atoms with Gasteiger partial charge in [0.25, 0.3) is 0 Å². The van der Waals surface area contributed by atoms with E-state index in [0.717, 1.165) is 6.54 Å². The second-order valence-corrected chi connectivity index (χ2v) is 6.34. The molecule has 1 fully saturated rings. The molecule has 4 nitrogen and oxygen atoms in total. The number of nitrogens with zero attached hydrogens (tertiary/aromatic N) is 3. The summed E-state index contributed by atoms with van der Waals surface area (Å²) >= 11 is 6.21. The lowest BCUT2D eigenvalue weighted by Gasteiger charge is -2.34. The fourth-order valence-electron chi connectivity index (χ4n) is 3.33. The zero-order chi connectivity index (χ0) is 15.9. The van der Waals surface area contributed by atoms with Gasteiger partial charge in [-0.05, 0) is 37.9 Å². The lowest BCUT2D eigenvalue weighted by atomic mass is 9.93. The van der Waals surface area contributed by atoms with E-state index in [0.29, 0.717) is 28.4 Å². The SMILES string of the molecule is CCC(CC)[C@H](CNc1ncc(C#N)cc1Cl)N1CCCC1. The van der Waals surface area contributed by atoms with E-state index in [2.05, 4.69) is 35.1 Å². The summed E-state index contributed by atoms with van der Waals surface area (Å²) in [5.74, 6) is 1.36. The van der Waals surface area contributed by atoms with Crippen LogP contribution in [0.15, 0.2) is 12.3 Å². The number of nitrogens with one attached hydrogen (secondary N) is 1. The first-order chi connectivity index (χ1) is 10.7. The standard InChI is InChI=1S/C17H25ClN4/c1-3-14(4-2)16(22-7-5-6-8-22)12-21-17-15(18)9-13(10-19)11-20-17/h9,11,14,16H,3-8,12H2,1-2H3,(H,20,21)/t16-/m0/s1. The number of aromatic nitrogens is 1. The van der Waals surface area contributed by atoms with E-state index in [1.165, 1.54) is 38.8 Å². The fourth-order valence-corrected chi connectivity index (χ4v) is 3.56. The van der Waals surface area contributed by atoms with Gasteiger partial charge in [-0.3, -0.25) is 4.90 Å². The molecule has 1 aliphatic rings. The summed E-state index contributed by atoms with van der Waals surface area (Å²) in [5, 5.41) is 12.8. The average Bonchev–Trinajstić information content (AvgIpc) is 3.06. The van der Waals surface area contributed by atoms with Gasteiger partial charge in [0, 0.05) is 18.8 Å². The lowest BCUT2D eigenvalue weighted by molar-refractivity contribution is 0.175. The highest BCUT2D eigenvalue weighted by Crippen LogP contribution is 2.25. The highest BCUT2D eigenvalue weighted by Gasteiger charge is 2.27. The van der Waals surface area contributed by atoms with Gasteiger partial charge in [-0.15, -0.1) is 0 Å². The highest BCUT2D eigenvalue weighted by molar-refractivity contribution is 6.33. The summed E-state index contributed by atoms with van der Waals surface area (Å²) in [5.41, 5.74) is 0.492. The van der Waals surface area contributed by atoms with E-state index in [4.69, 9.17) is 16.9 Å². The Hall–Kier alpha value is -1.31. The first-order valence-corrected chi connectivity index (χ1v) is 8.60. The Bertz CT molecular complexity index is 514. The third-order valence-electron chi connectivity index (χ3n) is 4.65. The molecule has 1 saturated heterocycles. The molecule has 2 heterocycles. The van der Waals surface area contributed by atoms with Crippen molar-refractivity contribution in [2.45, 2.75) is 45.6 Å². The van der Waals surface area contributed by atoms with Crippen LogP contribution in [0.4, 0.5) is 5.82 Å². The molecule has 1 aromatic heterocycles. The van der Waals surface area contributed by atoms with Crippen LogP contribution in [0.2, 0.25) is 5.02 Å². The van der Waals surface area contributed by atoms with Crippen LogP contribution in [-0.4, -0.2) is 35.6 Å². The largest absolute Gasteiger partial charge is 0.367 e. The van der Waals surface area contributed by atoms with E-state index in [-0.39, 0.29) is 0 Å². The molecule has 0 saturated carbocycles. The normalized spacial score (nSPS) is 16.7. The predicted octanol–water partition coefficient (Wildman–Crippen LogP) is 3.92. The maximum Gasteiger partial charge on any atom is 0.144 e. The van der Waals surface area contributed by atoms with Crippen LogP contribution in [0.25, 0.3) is 0 Å². The van der Waals surface area contributed by atoms with Crippen molar-refractivity contribution in [3.8, 4) is 6.07 Å². The number of halogens is 1. The first-order valence-electron chi connectivity index (χ1n) is 8.23. The van der Waals surface area contributed by atoms with Crippen molar-refractivity contribution in [2.24, 2.45) is 5.92 Å². The van der Waals surface area contributed by atoms with Gasteiger partial charge < -0.3 is 5.32 Å². The van der Waals surface area contributed by atoms with Crippen molar-refractivity contribution < 1.29 is 0 Å². The van der Waals surface area contributed by atoms with Gasteiger partial charge in [0.2, 0.25) is 0 Å². The number of hydrogen-bond acceptors (Lipinski definition) is 4. The second-order valence-electron chi connectivity index (χ2n) is 5.93. The van der Waals surface area contributed by atoms with Gasteiger partial charge in [0.15, 0.2) is 0 Å². The molecule has 0 aliphatic carbocycles. The summed E-state index contributed by atoms with van der Waals surface area (Å²) in [6, 6.07) is 4.24. The predicted molar refractivity (Wildman–Crippen MR) is 91.1 cm³/mol. The molecule has 22 heavy (non-hydrogen) atoms. The van der Waals surface area contributed by atoms with Gasteiger partial charge in [-0.1, -0.05) is 38.3 Å². The molecule has 0 unspecified atom stereocenters. The van der Waals surface area contributed by atoms with Crippen molar-refractivity contribution in [3.05, 3.63) is 22.8 Å². The highest BCUT2D eigenvalue weighted by atomic mass is 35.5. The van der Waals surface area contributed by atoms with Gasteiger partial charge in [-0.2, -0.15) is 5.26 Å². The minimum absolute atomic E-state index is 0.492. The van der Waals surface area contributed by atoms with Crippen LogP contribution in [-0.2, 0) is 0 Å². The maximum absolute atomic E-state index is 8.88. The molecule has 0 radical (unpaired) electrons. The molecule has 0 bridgehead atoms. The van der Waals surface area contributed by atoms with Crippen LogP contribution in [0.1, 0.15) is 45.1 Å². The molecule has 1 aliphatic heterocycles. The molecule has 120 valence electrons. The molecule has 2 rings (SSSR count). The Morgan fingerprint density at radius 1 is 1.36 bits per heavy atom. The molecule has 0 aromatic carbocycles. The van der Waals surface area contributed by atoms with E-state index >= 15 is 0 Å². The number of hydrogen-bond donors (Lipinski definition) is 1. The Labute approximate surface area is 138 Å². The van der Waals surface area contributed by atoms with E-state index in [1.807, 2.05) is 0 Å². The van der Waals surface area contributed by atoms with Gasteiger partial charge in [0.1, 0.15) is 11.9 Å². The number of pyridine rings is 1. The monoisotopic (exact) mass is 320 g/mol. The van der Waals surface area contributed by atoms with E-state index < -0.39 is 0 Å². The van der Waals surface area contributed by atoms with Crippen molar-refractivity contribution in [3.63, 3.8) is 0 Å². The summed E-state index contributed by atoms with van der Waals surface area (Å²) in [6.45, 7) is 7.77. The minimum atomic E-state index is 0.492. The summed E-state index contributed by atoms with van der Waals surface area (Å²) in [6.07, 6.45) is 6.54. The smallest absolute Gasteiger partial charge is 0.144 e. The summed E-state index contributed by atoms with van der Waals surface area (Å²) < 4.78 is 0. The molecule has 1 aromatic rings. The quantitative estimate of drug-likeness (QED) is 0.827. The van der Waals surface area contributed by atoms with Crippen LogP contribution < -0.4 is 5.32 Å². The zero-order valence-electron chi connectivity index (χ0n) is 13.5. The van der Waals surface area contributed by atoms with Crippen molar-refractivity contribution in [2.75, 3.05) is 25.0 Å². The van der Waals surface area contributed by atoms with E-state index in [9.17, 15) is 0 Å². The van der Waals surface area contributed by atoms with Crippen LogP contribution in [0.5, 0.6) is 0 Å². The van der Waals surface area contributed by atoms with Crippen LogP contribution in [0.3, 0.4) is 0 Å². The first kappa shape index (κ1) is 17.1. The Kier molecular flexibility index (Phi) is 6.48. The molecule has 0 spiro atoms. The Balaban J connectivity index is 2.05. The molecule has 0 amide bonds. The maximum atomic E-state index is 8.88. The lowest BCUT2D eigenvalue weighted by Crippen LogP contribution is -2.43. The van der Waals surface area contributed by atoms with Gasteiger partial charge in [-0.25, -0.2) is 4.98 Å². The number of rotatable bonds is 7. The van der Waals surface area contributed by atoms with Crippen molar-refractivity contribution in [1.82, 2.24) is 9.88 Å². The third kappa shape index (κ3) is 4.12. The number of likely N-dealkylation sites (tertiary alicyclic amines) is 1. The van der Waals surface area contributed by atoms with Crippen LogP contribution in [0, 0.1) is 17.2 Å². The van der Waals surface area contributed by atoms with E-state index in [1.54, 1.807) is 12.3 Å². The second kappa shape index (κ2) is 8.36. The minimum Gasteiger partial charge on any atom is -0.367 e. The molecule has 1 atom stereocenters. The number of anilines is 1. The molecule has 1 N–H and O–H groups in total. The Morgan fingerprint density at radius 3 is 2.59 bits per heavy atom. The zero-order valence-corrected chi connectivity index (χ0v) is 14.2. The van der Waals surface area contributed by atoms with Crippen molar-refractivity contribution in [1.29, 1.82) is 5.26 Å². The Morgan fingerprint density at radius 2 is 2.05 bits per heavy atom. The average molecular weight is 321 g/mol. The molecular formula is C17H25ClN4. The molecule has 5 heteroatoms. The molecular weight excluding hydrogens is 296 g/mol. The number of nitriles is 1. The van der Waals surface area contributed by atoms with Gasteiger partial charge in [0.05, 0.1) is 10.6 Å². The van der Waals surface area contributed by atoms with Crippen molar-refractivity contribution >= 4 is 17.4 Å².